The molecule has 0 spiro atoms. The topological polar surface area (TPSA) is 49.4 Å². The van der Waals surface area contributed by atoms with E-state index in [4.69, 9.17) is 0 Å². The van der Waals surface area contributed by atoms with Crippen molar-refractivity contribution in [2.45, 2.75) is 32.7 Å². The SMILES string of the molecule is CCC(=O)N(CC)C(Cc1ccc2ccccc2c1)C(=O)NC. The molecule has 0 aliphatic rings. The molecule has 0 heterocycles. The Kier molecular flexibility index (Phi) is 5.74. The van der Waals surface area contributed by atoms with Crippen LogP contribution in [0.3, 0.4) is 0 Å². The van der Waals surface area contributed by atoms with Gasteiger partial charge in [0, 0.05) is 26.4 Å². The first-order chi connectivity index (χ1) is 11.1. The zero-order valence-electron chi connectivity index (χ0n) is 14.0. The van der Waals surface area contributed by atoms with Crippen LogP contribution in [0.15, 0.2) is 42.5 Å². The Morgan fingerprint density at radius 1 is 1.09 bits per heavy atom. The Labute approximate surface area is 137 Å². The summed E-state index contributed by atoms with van der Waals surface area (Å²) in [4.78, 5) is 26.1. The molecule has 23 heavy (non-hydrogen) atoms. The number of rotatable bonds is 6. The fourth-order valence-electron chi connectivity index (χ4n) is 2.87. The largest absolute Gasteiger partial charge is 0.357 e. The van der Waals surface area contributed by atoms with Crippen molar-refractivity contribution >= 4 is 22.6 Å². The molecule has 4 heteroatoms. The maximum absolute atomic E-state index is 12.3. The highest BCUT2D eigenvalue weighted by molar-refractivity contribution is 5.88. The maximum Gasteiger partial charge on any atom is 0.242 e. The molecule has 0 aromatic heterocycles. The lowest BCUT2D eigenvalue weighted by molar-refractivity contribution is -0.139. The van der Waals surface area contributed by atoms with Crippen molar-refractivity contribution in [2.24, 2.45) is 0 Å². The van der Waals surface area contributed by atoms with E-state index in [-0.39, 0.29) is 11.8 Å². The van der Waals surface area contributed by atoms with Gasteiger partial charge < -0.3 is 10.2 Å². The molecule has 0 aliphatic carbocycles. The van der Waals surface area contributed by atoms with Gasteiger partial charge in [0.1, 0.15) is 6.04 Å². The van der Waals surface area contributed by atoms with E-state index in [1.54, 1.807) is 11.9 Å². The second kappa shape index (κ2) is 7.77. The van der Waals surface area contributed by atoms with Crippen LogP contribution in [0.25, 0.3) is 10.8 Å². The van der Waals surface area contributed by atoms with Gasteiger partial charge in [0.05, 0.1) is 0 Å². The van der Waals surface area contributed by atoms with Crippen LogP contribution >= 0.6 is 0 Å². The zero-order valence-corrected chi connectivity index (χ0v) is 14.0. The number of likely N-dealkylation sites (N-methyl/N-ethyl adjacent to an activating group) is 2. The average Bonchev–Trinajstić information content (AvgIpc) is 2.60. The van der Waals surface area contributed by atoms with Crippen LogP contribution in [0.4, 0.5) is 0 Å². The van der Waals surface area contributed by atoms with Crippen molar-refractivity contribution in [1.29, 1.82) is 0 Å². The van der Waals surface area contributed by atoms with Crippen LogP contribution in [0.1, 0.15) is 25.8 Å². The quantitative estimate of drug-likeness (QED) is 0.891. The molecule has 0 saturated carbocycles. The van der Waals surface area contributed by atoms with Gasteiger partial charge in [-0.3, -0.25) is 9.59 Å². The summed E-state index contributed by atoms with van der Waals surface area (Å²) in [5.41, 5.74) is 1.06. The molecule has 1 unspecified atom stereocenters. The van der Waals surface area contributed by atoms with Crippen molar-refractivity contribution in [3.05, 3.63) is 48.0 Å². The number of hydrogen-bond donors (Lipinski definition) is 1. The molecule has 1 N–H and O–H groups in total. The minimum atomic E-state index is -0.474. The molecule has 2 rings (SSSR count). The molecule has 0 saturated heterocycles. The molecule has 2 aromatic rings. The van der Waals surface area contributed by atoms with Crippen molar-refractivity contribution in [3.63, 3.8) is 0 Å². The number of fused-ring (bicyclic) bond motifs is 1. The highest BCUT2D eigenvalue weighted by Gasteiger charge is 2.27. The monoisotopic (exact) mass is 312 g/mol. The van der Waals surface area contributed by atoms with Crippen LogP contribution in [0, 0.1) is 0 Å². The number of nitrogens with one attached hydrogen (secondary N) is 1. The third kappa shape index (κ3) is 3.89. The van der Waals surface area contributed by atoms with Crippen LogP contribution in [0.5, 0.6) is 0 Å². The minimum Gasteiger partial charge on any atom is -0.357 e. The number of nitrogens with zero attached hydrogens (tertiary/aromatic N) is 1. The van der Waals surface area contributed by atoms with E-state index in [2.05, 4.69) is 29.6 Å². The van der Waals surface area contributed by atoms with E-state index in [9.17, 15) is 9.59 Å². The molecule has 2 aromatic carbocycles. The normalized spacial score (nSPS) is 12.0. The number of hydrogen-bond acceptors (Lipinski definition) is 2. The first-order valence-electron chi connectivity index (χ1n) is 8.09. The summed E-state index contributed by atoms with van der Waals surface area (Å²) >= 11 is 0. The Balaban J connectivity index is 2.31. The third-order valence-corrected chi connectivity index (χ3v) is 4.13. The lowest BCUT2D eigenvalue weighted by atomic mass is 10.00. The number of amides is 2. The van der Waals surface area contributed by atoms with E-state index in [0.717, 1.165) is 10.9 Å². The van der Waals surface area contributed by atoms with Gasteiger partial charge in [-0.05, 0) is 23.3 Å². The predicted molar refractivity (Wildman–Crippen MR) is 93.2 cm³/mol. The third-order valence-electron chi connectivity index (χ3n) is 4.13. The van der Waals surface area contributed by atoms with E-state index < -0.39 is 6.04 Å². The van der Waals surface area contributed by atoms with E-state index in [0.29, 0.717) is 19.4 Å². The van der Waals surface area contributed by atoms with Gasteiger partial charge in [-0.1, -0.05) is 49.4 Å². The second-order valence-corrected chi connectivity index (χ2v) is 5.55. The highest BCUT2D eigenvalue weighted by atomic mass is 16.2. The summed E-state index contributed by atoms with van der Waals surface area (Å²) in [5.74, 6) is -0.122. The molecule has 122 valence electrons. The fraction of sp³-hybridized carbons (Fsp3) is 0.368. The number of benzene rings is 2. The lowest BCUT2D eigenvalue weighted by Crippen LogP contribution is -2.49. The summed E-state index contributed by atoms with van der Waals surface area (Å²) < 4.78 is 0. The van der Waals surface area contributed by atoms with Crippen molar-refractivity contribution < 1.29 is 9.59 Å². The van der Waals surface area contributed by atoms with Gasteiger partial charge in [0.25, 0.3) is 0 Å². The summed E-state index contributed by atoms with van der Waals surface area (Å²) in [7, 11) is 1.61. The van der Waals surface area contributed by atoms with Gasteiger partial charge >= 0.3 is 0 Å². The molecule has 0 bridgehead atoms. The van der Waals surface area contributed by atoms with E-state index >= 15 is 0 Å². The molecule has 4 nitrogen and oxygen atoms in total. The van der Waals surface area contributed by atoms with Crippen LogP contribution in [0.2, 0.25) is 0 Å². The fourth-order valence-corrected chi connectivity index (χ4v) is 2.87. The molecule has 0 aliphatic heterocycles. The standard InChI is InChI=1S/C19H24N2O2/c1-4-18(22)21(5-2)17(19(23)20-3)13-14-10-11-15-8-6-7-9-16(15)12-14/h6-12,17H,4-5,13H2,1-3H3,(H,20,23). The van der Waals surface area contributed by atoms with Crippen LogP contribution in [-0.2, 0) is 16.0 Å². The first-order valence-corrected chi connectivity index (χ1v) is 8.09. The summed E-state index contributed by atoms with van der Waals surface area (Å²) in [6.45, 7) is 4.25. The van der Waals surface area contributed by atoms with Crippen molar-refractivity contribution in [1.82, 2.24) is 10.2 Å². The van der Waals surface area contributed by atoms with Crippen LogP contribution < -0.4 is 5.32 Å². The predicted octanol–water partition coefficient (Wildman–Crippen LogP) is 2.76. The highest BCUT2D eigenvalue weighted by Crippen LogP contribution is 2.18. The summed E-state index contributed by atoms with van der Waals surface area (Å²) in [6, 6.07) is 13.8. The minimum absolute atomic E-state index is 0.00175. The molecular formula is C19H24N2O2. The molecular weight excluding hydrogens is 288 g/mol. The van der Waals surface area contributed by atoms with Crippen molar-refractivity contribution in [3.8, 4) is 0 Å². The van der Waals surface area contributed by atoms with Gasteiger partial charge in [0.15, 0.2) is 0 Å². The number of carbonyl (C=O) groups excluding carboxylic acids is 2. The molecule has 2 amide bonds. The van der Waals surface area contributed by atoms with Gasteiger partial charge in [0.2, 0.25) is 11.8 Å². The molecule has 0 radical (unpaired) electrons. The van der Waals surface area contributed by atoms with Crippen LogP contribution in [-0.4, -0.2) is 36.3 Å². The molecule has 1 atom stereocenters. The Bertz CT molecular complexity index is 697. The van der Waals surface area contributed by atoms with E-state index in [1.165, 1.54) is 5.39 Å². The second-order valence-electron chi connectivity index (χ2n) is 5.55. The first kappa shape index (κ1) is 17.0. The smallest absolute Gasteiger partial charge is 0.242 e. The van der Waals surface area contributed by atoms with Crippen molar-refractivity contribution in [2.75, 3.05) is 13.6 Å². The average molecular weight is 312 g/mol. The Hall–Kier alpha value is -2.36. The van der Waals surface area contributed by atoms with Gasteiger partial charge in [-0.2, -0.15) is 0 Å². The van der Waals surface area contributed by atoms with Gasteiger partial charge in [-0.15, -0.1) is 0 Å². The maximum atomic E-state index is 12.3. The Morgan fingerprint density at radius 2 is 1.78 bits per heavy atom. The summed E-state index contributed by atoms with van der Waals surface area (Å²) in [5, 5.41) is 5.00. The zero-order chi connectivity index (χ0) is 16.8. The van der Waals surface area contributed by atoms with E-state index in [1.807, 2.05) is 32.0 Å². The lowest BCUT2D eigenvalue weighted by Gasteiger charge is -2.29. The number of carbonyl (C=O) groups is 2. The summed E-state index contributed by atoms with van der Waals surface area (Å²) in [6.07, 6.45) is 0.920. The van der Waals surface area contributed by atoms with Gasteiger partial charge in [-0.25, -0.2) is 0 Å². The molecule has 0 fully saturated rings. The Morgan fingerprint density at radius 3 is 2.39 bits per heavy atom.